The molecule has 27 heavy (non-hydrogen) atoms. The van der Waals surface area contributed by atoms with Gasteiger partial charge >= 0.3 is 6.18 Å². The van der Waals surface area contributed by atoms with Crippen LogP contribution in [0.2, 0.25) is 0 Å². The lowest BCUT2D eigenvalue weighted by atomic mass is 9.95. The predicted molar refractivity (Wildman–Crippen MR) is 92.4 cm³/mol. The van der Waals surface area contributed by atoms with Crippen molar-refractivity contribution < 1.29 is 22.4 Å². The third-order valence-electron chi connectivity index (χ3n) is 4.64. The predicted octanol–water partition coefficient (Wildman–Crippen LogP) is 3.77. The van der Waals surface area contributed by atoms with Crippen LogP contribution in [0, 0.1) is 11.7 Å². The topological polar surface area (TPSA) is 45.2 Å². The van der Waals surface area contributed by atoms with Crippen molar-refractivity contribution in [3.8, 4) is 0 Å². The number of hydrogen-bond donors (Lipinski definition) is 1. The third-order valence-corrected chi connectivity index (χ3v) is 4.64. The maximum atomic E-state index is 12.9. The van der Waals surface area contributed by atoms with E-state index in [4.69, 9.17) is 0 Å². The maximum absolute atomic E-state index is 12.9. The van der Waals surface area contributed by atoms with Crippen molar-refractivity contribution in [2.75, 3.05) is 18.0 Å². The Bertz CT molecular complexity index is 767. The molecule has 1 aromatic carbocycles. The number of benzene rings is 1. The fraction of sp³-hybridized carbons (Fsp3) is 0.368. The molecule has 1 N–H and O–H groups in total. The third kappa shape index (κ3) is 4.96. The first-order valence-corrected chi connectivity index (χ1v) is 8.63. The number of piperidine rings is 1. The molecule has 1 saturated heterocycles. The van der Waals surface area contributed by atoms with Crippen molar-refractivity contribution in [1.29, 1.82) is 0 Å². The molecular weight excluding hydrogens is 362 g/mol. The molecule has 2 aromatic rings. The molecule has 0 aliphatic carbocycles. The van der Waals surface area contributed by atoms with Crippen LogP contribution in [-0.2, 0) is 17.5 Å². The molecule has 4 nitrogen and oxygen atoms in total. The van der Waals surface area contributed by atoms with Crippen molar-refractivity contribution in [1.82, 2.24) is 10.3 Å². The van der Waals surface area contributed by atoms with Crippen LogP contribution in [0.3, 0.4) is 0 Å². The number of carbonyl (C=O) groups is 1. The van der Waals surface area contributed by atoms with Gasteiger partial charge in [0.1, 0.15) is 11.6 Å². The van der Waals surface area contributed by atoms with E-state index in [0.29, 0.717) is 38.3 Å². The molecule has 0 radical (unpaired) electrons. The fourth-order valence-electron chi connectivity index (χ4n) is 3.05. The Balaban J connectivity index is 1.49. The van der Waals surface area contributed by atoms with Crippen LogP contribution in [0.5, 0.6) is 0 Å². The standard InChI is InChI=1S/C19H19F4N3O/c20-16-4-1-13(2-5-16)11-25-18(27)14-7-9-26(10-8-14)17-6-3-15(12-24-17)19(21,22)23/h1-6,12,14H,7-11H2,(H,25,27). The number of halogens is 4. The second-order valence-electron chi connectivity index (χ2n) is 6.51. The summed E-state index contributed by atoms with van der Waals surface area (Å²) in [7, 11) is 0. The van der Waals surface area contributed by atoms with Crippen LogP contribution in [0.25, 0.3) is 0 Å². The SMILES string of the molecule is O=C(NCc1ccc(F)cc1)C1CCN(c2ccc(C(F)(F)F)cn2)CC1. The van der Waals surface area contributed by atoms with E-state index in [1.807, 2.05) is 4.90 Å². The van der Waals surface area contributed by atoms with Gasteiger partial charge in [-0.25, -0.2) is 9.37 Å². The Labute approximate surface area is 154 Å². The van der Waals surface area contributed by atoms with Gasteiger partial charge < -0.3 is 10.2 Å². The summed E-state index contributed by atoms with van der Waals surface area (Å²) in [4.78, 5) is 18.1. The highest BCUT2D eigenvalue weighted by atomic mass is 19.4. The summed E-state index contributed by atoms with van der Waals surface area (Å²) in [6.45, 7) is 1.43. The fourth-order valence-corrected chi connectivity index (χ4v) is 3.05. The molecule has 1 fully saturated rings. The number of anilines is 1. The van der Waals surface area contributed by atoms with Crippen molar-refractivity contribution >= 4 is 11.7 Å². The second kappa shape index (κ2) is 7.94. The summed E-state index contributed by atoms with van der Waals surface area (Å²) >= 11 is 0. The zero-order chi connectivity index (χ0) is 19.4. The number of amides is 1. The Morgan fingerprint density at radius 1 is 1.11 bits per heavy atom. The largest absolute Gasteiger partial charge is 0.417 e. The Morgan fingerprint density at radius 3 is 2.33 bits per heavy atom. The number of hydrogen-bond acceptors (Lipinski definition) is 3. The normalized spacial score (nSPS) is 15.6. The summed E-state index contributed by atoms with van der Waals surface area (Å²) in [6, 6.07) is 8.30. The van der Waals surface area contributed by atoms with Gasteiger partial charge in [-0.2, -0.15) is 13.2 Å². The Morgan fingerprint density at radius 2 is 1.78 bits per heavy atom. The van der Waals surface area contributed by atoms with Gasteiger partial charge in [-0.3, -0.25) is 4.79 Å². The number of rotatable bonds is 4. The number of aromatic nitrogens is 1. The average molecular weight is 381 g/mol. The second-order valence-corrected chi connectivity index (χ2v) is 6.51. The summed E-state index contributed by atoms with van der Waals surface area (Å²) in [5.74, 6) is -0.0713. The molecule has 2 heterocycles. The van der Waals surface area contributed by atoms with Crippen molar-refractivity contribution in [2.24, 2.45) is 5.92 Å². The van der Waals surface area contributed by atoms with Gasteiger partial charge in [0.25, 0.3) is 0 Å². The smallest absolute Gasteiger partial charge is 0.357 e. The van der Waals surface area contributed by atoms with E-state index in [9.17, 15) is 22.4 Å². The lowest BCUT2D eigenvalue weighted by Gasteiger charge is -2.32. The van der Waals surface area contributed by atoms with Gasteiger partial charge in [-0.05, 0) is 42.7 Å². The first-order valence-electron chi connectivity index (χ1n) is 8.63. The molecule has 0 bridgehead atoms. The molecule has 1 aromatic heterocycles. The summed E-state index contributed by atoms with van der Waals surface area (Å²) < 4.78 is 50.7. The highest BCUT2D eigenvalue weighted by Gasteiger charge is 2.31. The highest BCUT2D eigenvalue weighted by Crippen LogP contribution is 2.30. The molecule has 1 aliphatic heterocycles. The summed E-state index contributed by atoms with van der Waals surface area (Å²) in [5.41, 5.74) is 0.0393. The van der Waals surface area contributed by atoms with E-state index in [0.717, 1.165) is 17.8 Å². The molecule has 0 spiro atoms. The Kier molecular flexibility index (Phi) is 5.62. The average Bonchev–Trinajstić information content (AvgIpc) is 2.67. The van der Waals surface area contributed by atoms with Gasteiger partial charge in [0.05, 0.1) is 5.56 Å². The molecule has 0 saturated carbocycles. The van der Waals surface area contributed by atoms with E-state index in [1.165, 1.54) is 18.2 Å². The lowest BCUT2D eigenvalue weighted by Crippen LogP contribution is -2.40. The highest BCUT2D eigenvalue weighted by molar-refractivity contribution is 5.79. The maximum Gasteiger partial charge on any atom is 0.417 e. The summed E-state index contributed by atoms with van der Waals surface area (Å²) in [6.07, 6.45) is -2.38. The van der Waals surface area contributed by atoms with Gasteiger partial charge in [0, 0.05) is 31.7 Å². The molecule has 1 aliphatic rings. The minimum absolute atomic E-state index is 0.0700. The van der Waals surface area contributed by atoms with E-state index in [2.05, 4.69) is 10.3 Å². The van der Waals surface area contributed by atoms with Crippen LogP contribution in [-0.4, -0.2) is 24.0 Å². The van der Waals surface area contributed by atoms with Gasteiger partial charge in [0.2, 0.25) is 5.91 Å². The lowest BCUT2D eigenvalue weighted by molar-refractivity contribution is -0.137. The van der Waals surface area contributed by atoms with E-state index in [1.54, 1.807) is 12.1 Å². The van der Waals surface area contributed by atoms with E-state index in [-0.39, 0.29) is 17.6 Å². The van der Waals surface area contributed by atoms with Crippen LogP contribution in [0.4, 0.5) is 23.4 Å². The number of nitrogens with one attached hydrogen (secondary N) is 1. The molecule has 0 atom stereocenters. The van der Waals surface area contributed by atoms with Crippen molar-refractivity contribution in [3.63, 3.8) is 0 Å². The zero-order valence-electron chi connectivity index (χ0n) is 14.5. The van der Waals surface area contributed by atoms with Gasteiger partial charge in [-0.15, -0.1) is 0 Å². The quantitative estimate of drug-likeness (QED) is 0.820. The number of alkyl halides is 3. The van der Waals surface area contributed by atoms with E-state index < -0.39 is 11.7 Å². The van der Waals surface area contributed by atoms with E-state index >= 15 is 0 Å². The molecular formula is C19H19F4N3O. The van der Waals surface area contributed by atoms with Gasteiger partial charge in [0.15, 0.2) is 0 Å². The molecule has 8 heteroatoms. The van der Waals surface area contributed by atoms with Crippen LogP contribution >= 0.6 is 0 Å². The summed E-state index contributed by atoms with van der Waals surface area (Å²) in [5, 5.41) is 2.85. The van der Waals surface area contributed by atoms with Crippen LogP contribution in [0.1, 0.15) is 24.0 Å². The first-order chi connectivity index (χ1) is 12.8. The molecule has 144 valence electrons. The minimum atomic E-state index is -4.40. The monoisotopic (exact) mass is 381 g/mol. The first kappa shape index (κ1) is 19.1. The van der Waals surface area contributed by atoms with Crippen molar-refractivity contribution in [3.05, 3.63) is 59.5 Å². The molecule has 1 amide bonds. The van der Waals surface area contributed by atoms with Gasteiger partial charge in [-0.1, -0.05) is 12.1 Å². The number of nitrogens with zero attached hydrogens (tertiary/aromatic N) is 2. The molecule has 0 unspecified atom stereocenters. The molecule has 3 rings (SSSR count). The number of carbonyl (C=O) groups excluding carboxylic acids is 1. The Hall–Kier alpha value is -2.64. The zero-order valence-corrected chi connectivity index (χ0v) is 14.5. The van der Waals surface area contributed by atoms with Crippen LogP contribution in [0.15, 0.2) is 42.6 Å². The van der Waals surface area contributed by atoms with Crippen LogP contribution < -0.4 is 10.2 Å². The minimum Gasteiger partial charge on any atom is -0.357 e. The number of pyridine rings is 1. The van der Waals surface area contributed by atoms with Crippen molar-refractivity contribution in [2.45, 2.75) is 25.6 Å².